The van der Waals surface area contributed by atoms with E-state index in [1.165, 1.54) is 0 Å². The van der Waals surface area contributed by atoms with E-state index in [9.17, 15) is 13.2 Å². The number of fused-ring (bicyclic) bond motifs is 1. The summed E-state index contributed by atoms with van der Waals surface area (Å²) in [4.78, 5) is 9.14. The van der Waals surface area contributed by atoms with Gasteiger partial charge in [-0.15, -0.1) is 0 Å². The van der Waals surface area contributed by atoms with E-state index in [4.69, 9.17) is 5.73 Å². The predicted molar refractivity (Wildman–Crippen MR) is 99.4 cm³/mol. The summed E-state index contributed by atoms with van der Waals surface area (Å²) < 4.78 is 43.1. The van der Waals surface area contributed by atoms with Crippen LogP contribution in [0.25, 0.3) is 10.9 Å². The summed E-state index contributed by atoms with van der Waals surface area (Å²) >= 11 is 0. The molecule has 0 saturated heterocycles. The number of hydrogen-bond acceptors (Lipinski definition) is 3. The molecule has 2 heterocycles. The van der Waals surface area contributed by atoms with Crippen LogP contribution >= 0.6 is 0 Å². The van der Waals surface area contributed by atoms with Crippen LogP contribution in [0.1, 0.15) is 61.4 Å². The molecule has 0 bridgehead atoms. The SMILES string of the molecule is N[C@H]1C[C@@H](n2cc3cnc(C4CC4)nc3c2)CC[C@@H]1c1cc(F)c(F)cc1F. The van der Waals surface area contributed by atoms with Crippen molar-refractivity contribution in [2.45, 2.75) is 56.0 Å². The van der Waals surface area contributed by atoms with Crippen LogP contribution in [-0.2, 0) is 0 Å². The van der Waals surface area contributed by atoms with Gasteiger partial charge in [0, 0.05) is 54.0 Å². The molecule has 7 heteroatoms. The van der Waals surface area contributed by atoms with Gasteiger partial charge in [0.2, 0.25) is 0 Å². The van der Waals surface area contributed by atoms with Gasteiger partial charge in [-0.2, -0.15) is 0 Å². The number of nitrogens with zero attached hydrogens (tertiary/aromatic N) is 3. The molecule has 0 unspecified atom stereocenters. The Hall–Kier alpha value is -2.41. The zero-order chi connectivity index (χ0) is 19.4. The smallest absolute Gasteiger partial charge is 0.161 e. The van der Waals surface area contributed by atoms with Gasteiger partial charge in [0.25, 0.3) is 0 Å². The van der Waals surface area contributed by atoms with Crippen LogP contribution in [0.4, 0.5) is 13.2 Å². The molecule has 2 aliphatic rings. The number of nitrogens with two attached hydrogens (primary N) is 1. The fourth-order valence-electron chi connectivity index (χ4n) is 4.37. The van der Waals surface area contributed by atoms with Crippen molar-refractivity contribution in [3.05, 3.63) is 59.6 Å². The maximum atomic E-state index is 14.2. The number of aromatic nitrogens is 3. The number of benzene rings is 1. The first kappa shape index (κ1) is 17.7. The predicted octanol–water partition coefficient (Wildman–Crippen LogP) is 4.56. The number of halogens is 3. The molecule has 3 atom stereocenters. The van der Waals surface area contributed by atoms with Gasteiger partial charge in [-0.05, 0) is 43.7 Å². The molecular weight excluding hydrogens is 365 g/mol. The first-order valence-corrected chi connectivity index (χ1v) is 9.73. The minimum absolute atomic E-state index is 0.165. The molecule has 0 spiro atoms. The van der Waals surface area contributed by atoms with E-state index in [1.54, 1.807) is 0 Å². The highest BCUT2D eigenvalue weighted by molar-refractivity contribution is 5.77. The average molecular weight is 386 g/mol. The molecule has 4 nitrogen and oxygen atoms in total. The summed E-state index contributed by atoms with van der Waals surface area (Å²) in [5.74, 6) is -1.84. The largest absolute Gasteiger partial charge is 0.348 e. The van der Waals surface area contributed by atoms with Crippen LogP contribution in [-0.4, -0.2) is 20.6 Å². The van der Waals surface area contributed by atoms with E-state index in [2.05, 4.69) is 14.5 Å². The summed E-state index contributed by atoms with van der Waals surface area (Å²) in [6.45, 7) is 0. The van der Waals surface area contributed by atoms with Crippen molar-refractivity contribution in [3.63, 3.8) is 0 Å². The maximum Gasteiger partial charge on any atom is 0.161 e. The molecule has 28 heavy (non-hydrogen) atoms. The molecule has 5 rings (SSSR count). The van der Waals surface area contributed by atoms with Crippen LogP contribution in [0.3, 0.4) is 0 Å². The summed E-state index contributed by atoms with van der Waals surface area (Å²) in [5, 5.41) is 0.992. The molecule has 2 aromatic heterocycles. The molecule has 0 radical (unpaired) electrons. The van der Waals surface area contributed by atoms with Crippen molar-refractivity contribution >= 4 is 10.9 Å². The highest BCUT2D eigenvalue weighted by Gasteiger charge is 2.32. The third kappa shape index (κ3) is 3.07. The van der Waals surface area contributed by atoms with E-state index in [0.29, 0.717) is 24.8 Å². The quantitative estimate of drug-likeness (QED) is 0.672. The van der Waals surface area contributed by atoms with Crippen molar-refractivity contribution in [2.24, 2.45) is 5.73 Å². The van der Waals surface area contributed by atoms with E-state index in [0.717, 1.165) is 42.1 Å². The molecule has 0 amide bonds. The Morgan fingerprint density at radius 3 is 2.50 bits per heavy atom. The van der Waals surface area contributed by atoms with Gasteiger partial charge in [0.05, 0.1) is 5.52 Å². The summed E-state index contributed by atoms with van der Waals surface area (Å²) in [7, 11) is 0. The lowest BCUT2D eigenvalue weighted by molar-refractivity contribution is 0.284. The molecular formula is C21H21F3N4. The van der Waals surface area contributed by atoms with E-state index >= 15 is 0 Å². The number of hydrogen-bond donors (Lipinski definition) is 1. The fraction of sp³-hybridized carbons (Fsp3) is 0.429. The van der Waals surface area contributed by atoms with Gasteiger partial charge in [0.15, 0.2) is 11.6 Å². The summed E-state index contributed by atoms with van der Waals surface area (Å²) in [6.07, 6.45) is 10.3. The Labute approximate surface area is 160 Å². The summed E-state index contributed by atoms with van der Waals surface area (Å²) in [5.41, 5.74) is 7.44. The molecule has 3 aromatic rings. The molecule has 146 valence electrons. The third-order valence-corrected chi connectivity index (χ3v) is 6.10. The van der Waals surface area contributed by atoms with Crippen molar-refractivity contribution < 1.29 is 13.2 Å². The monoisotopic (exact) mass is 386 g/mol. The second-order valence-electron chi connectivity index (χ2n) is 8.07. The van der Waals surface area contributed by atoms with Crippen LogP contribution in [0, 0.1) is 17.5 Å². The Balaban J connectivity index is 1.37. The van der Waals surface area contributed by atoms with Gasteiger partial charge < -0.3 is 10.3 Å². The normalized spacial score (nSPS) is 25.4. The molecule has 2 saturated carbocycles. The molecule has 1 aromatic carbocycles. The highest BCUT2D eigenvalue weighted by atomic mass is 19.2. The topological polar surface area (TPSA) is 56.7 Å². The van der Waals surface area contributed by atoms with Crippen LogP contribution in [0.2, 0.25) is 0 Å². The van der Waals surface area contributed by atoms with Gasteiger partial charge in [0.1, 0.15) is 11.6 Å². The van der Waals surface area contributed by atoms with Crippen molar-refractivity contribution in [1.82, 2.24) is 14.5 Å². The lowest BCUT2D eigenvalue weighted by Crippen LogP contribution is -2.36. The first-order valence-electron chi connectivity index (χ1n) is 9.73. The fourth-order valence-corrected chi connectivity index (χ4v) is 4.37. The second-order valence-corrected chi connectivity index (χ2v) is 8.07. The third-order valence-electron chi connectivity index (χ3n) is 6.10. The lowest BCUT2D eigenvalue weighted by Gasteiger charge is -2.35. The standard InChI is InChI=1S/C21H21F3N4/c22-16-7-18(24)17(23)6-15(16)14-4-3-13(5-19(14)25)28-9-12-8-26-21(11-1-2-11)27-20(12)10-28/h6-11,13-14,19H,1-5,25H2/t13-,14+,19-/m0/s1. The van der Waals surface area contributed by atoms with Crippen LogP contribution in [0.5, 0.6) is 0 Å². The van der Waals surface area contributed by atoms with Crippen molar-refractivity contribution in [1.29, 1.82) is 0 Å². The van der Waals surface area contributed by atoms with Gasteiger partial charge in [-0.3, -0.25) is 0 Å². The minimum atomic E-state index is -1.17. The van der Waals surface area contributed by atoms with Crippen LogP contribution in [0.15, 0.2) is 30.7 Å². The second kappa shape index (κ2) is 6.58. The average Bonchev–Trinajstić information content (AvgIpc) is 3.43. The lowest BCUT2D eigenvalue weighted by atomic mass is 9.78. The summed E-state index contributed by atoms with van der Waals surface area (Å²) in [6, 6.07) is 1.39. The van der Waals surface area contributed by atoms with E-state index in [1.807, 2.05) is 18.6 Å². The Kier molecular flexibility index (Phi) is 4.16. The highest BCUT2D eigenvalue weighted by Crippen LogP contribution is 2.40. The maximum absolute atomic E-state index is 14.2. The van der Waals surface area contributed by atoms with Crippen molar-refractivity contribution in [3.8, 4) is 0 Å². The van der Waals surface area contributed by atoms with Crippen molar-refractivity contribution in [2.75, 3.05) is 0 Å². The molecule has 2 aliphatic carbocycles. The first-order chi connectivity index (χ1) is 13.5. The Bertz CT molecular complexity index is 1040. The molecule has 2 fully saturated rings. The Morgan fingerprint density at radius 2 is 1.75 bits per heavy atom. The minimum Gasteiger partial charge on any atom is -0.348 e. The number of rotatable bonds is 3. The zero-order valence-corrected chi connectivity index (χ0v) is 15.3. The Morgan fingerprint density at radius 1 is 0.964 bits per heavy atom. The van der Waals surface area contributed by atoms with Gasteiger partial charge in [-0.1, -0.05) is 0 Å². The van der Waals surface area contributed by atoms with Crippen LogP contribution < -0.4 is 5.73 Å². The van der Waals surface area contributed by atoms with E-state index in [-0.39, 0.29) is 23.6 Å². The molecule has 0 aliphatic heterocycles. The van der Waals surface area contributed by atoms with Gasteiger partial charge >= 0.3 is 0 Å². The molecule has 2 N–H and O–H groups in total. The zero-order valence-electron chi connectivity index (χ0n) is 15.3. The van der Waals surface area contributed by atoms with Gasteiger partial charge in [-0.25, -0.2) is 23.1 Å². The van der Waals surface area contributed by atoms with E-state index < -0.39 is 17.5 Å².